The average Bonchev–Trinajstić information content (AvgIpc) is 2.91. The molecule has 3 rings (SSSR count). The van der Waals surface area contributed by atoms with Crippen LogP contribution < -0.4 is 0 Å². The van der Waals surface area contributed by atoms with Gasteiger partial charge in [0.2, 0.25) is 0 Å². The van der Waals surface area contributed by atoms with Gasteiger partial charge in [-0.05, 0) is 57.3 Å². The van der Waals surface area contributed by atoms with Crippen molar-refractivity contribution in [2.75, 3.05) is 0 Å². The summed E-state index contributed by atoms with van der Waals surface area (Å²) in [6, 6.07) is 0. The van der Waals surface area contributed by atoms with E-state index in [1.165, 1.54) is 0 Å². The van der Waals surface area contributed by atoms with Gasteiger partial charge in [0.25, 0.3) is 0 Å². The molecule has 2 fully saturated rings. The SMILES string of the molecule is CCC(C)C(=O)C1=C(O)[C@@]2(C)C[C@H]3C(C)(C)[C@@H](C(C)(C)O)C[C@]3(C1=O)C2=O. The summed E-state index contributed by atoms with van der Waals surface area (Å²) < 4.78 is 0. The van der Waals surface area contributed by atoms with Gasteiger partial charge in [0.1, 0.15) is 11.3 Å². The Labute approximate surface area is 161 Å². The van der Waals surface area contributed by atoms with Gasteiger partial charge in [0.05, 0.1) is 16.4 Å². The number of allylic oxidation sites excluding steroid dienone is 2. The molecule has 1 spiro atoms. The van der Waals surface area contributed by atoms with Crippen molar-refractivity contribution in [2.45, 2.75) is 73.3 Å². The Hall–Kier alpha value is -1.49. The van der Waals surface area contributed by atoms with E-state index in [0.717, 1.165) is 0 Å². The fourth-order valence-electron chi connectivity index (χ4n) is 6.27. The normalized spacial score (nSPS) is 39.0. The van der Waals surface area contributed by atoms with Crippen LogP contribution in [0.2, 0.25) is 0 Å². The zero-order valence-electron chi connectivity index (χ0n) is 17.5. The molecular weight excluding hydrogens is 344 g/mol. The third kappa shape index (κ3) is 2.24. The van der Waals surface area contributed by atoms with Gasteiger partial charge in [-0.25, -0.2) is 0 Å². The molecule has 150 valence electrons. The van der Waals surface area contributed by atoms with E-state index < -0.39 is 33.5 Å². The summed E-state index contributed by atoms with van der Waals surface area (Å²) in [5, 5.41) is 21.6. The monoisotopic (exact) mass is 376 g/mol. The summed E-state index contributed by atoms with van der Waals surface area (Å²) in [5.41, 5.74) is -4.20. The van der Waals surface area contributed by atoms with Crippen molar-refractivity contribution in [3.63, 3.8) is 0 Å². The lowest BCUT2D eigenvalue weighted by molar-refractivity contribution is -0.144. The minimum atomic E-state index is -1.31. The number of hydrogen-bond donors (Lipinski definition) is 2. The zero-order chi connectivity index (χ0) is 20.7. The molecule has 0 saturated heterocycles. The molecule has 2 bridgehead atoms. The molecule has 0 amide bonds. The van der Waals surface area contributed by atoms with Crippen LogP contribution >= 0.6 is 0 Å². The molecule has 2 N–H and O–H groups in total. The van der Waals surface area contributed by atoms with E-state index >= 15 is 0 Å². The molecule has 0 aromatic rings. The van der Waals surface area contributed by atoms with Gasteiger partial charge in [-0.2, -0.15) is 0 Å². The third-order valence-electron chi connectivity index (χ3n) is 7.99. The molecule has 3 aliphatic carbocycles. The van der Waals surface area contributed by atoms with Crippen LogP contribution in [0, 0.1) is 34.0 Å². The molecule has 3 aliphatic rings. The molecule has 0 aliphatic heterocycles. The van der Waals surface area contributed by atoms with Gasteiger partial charge >= 0.3 is 0 Å². The van der Waals surface area contributed by atoms with Crippen LogP contribution in [0.4, 0.5) is 0 Å². The molecular formula is C22H32O5. The van der Waals surface area contributed by atoms with E-state index in [0.29, 0.717) is 12.8 Å². The molecule has 5 atom stereocenters. The Balaban J connectivity index is 2.23. The van der Waals surface area contributed by atoms with Gasteiger partial charge in [-0.15, -0.1) is 0 Å². The highest BCUT2D eigenvalue weighted by molar-refractivity contribution is 6.32. The molecule has 0 aromatic carbocycles. The Morgan fingerprint density at radius 2 is 1.78 bits per heavy atom. The summed E-state index contributed by atoms with van der Waals surface area (Å²) in [7, 11) is 0. The van der Waals surface area contributed by atoms with Gasteiger partial charge < -0.3 is 10.2 Å². The molecule has 27 heavy (non-hydrogen) atoms. The minimum absolute atomic E-state index is 0.166. The summed E-state index contributed by atoms with van der Waals surface area (Å²) in [4.78, 5) is 40.1. The Kier molecular flexibility index (Phi) is 4.14. The van der Waals surface area contributed by atoms with Crippen molar-refractivity contribution in [2.24, 2.45) is 34.0 Å². The van der Waals surface area contributed by atoms with Gasteiger partial charge in [0.15, 0.2) is 17.3 Å². The van der Waals surface area contributed by atoms with Crippen molar-refractivity contribution in [1.29, 1.82) is 0 Å². The Bertz CT molecular complexity index is 768. The van der Waals surface area contributed by atoms with Crippen LogP contribution in [-0.4, -0.2) is 33.2 Å². The summed E-state index contributed by atoms with van der Waals surface area (Å²) in [6.07, 6.45) is 1.12. The van der Waals surface area contributed by atoms with Crippen LogP contribution in [0.25, 0.3) is 0 Å². The van der Waals surface area contributed by atoms with Crippen molar-refractivity contribution < 1.29 is 24.6 Å². The average molecular weight is 376 g/mol. The van der Waals surface area contributed by atoms with Gasteiger partial charge in [0, 0.05) is 5.92 Å². The van der Waals surface area contributed by atoms with Gasteiger partial charge in [-0.3, -0.25) is 14.4 Å². The number of ketones is 3. The Morgan fingerprint density at radius 3 is 2.26 bits per heavy atom. The number of carbonyl (C=O) groups is 3. The summed E-state index contributed by atoms with van der Waals surface area (Å²) in [6.45, 7) is 12.7. The van der Waals surface area contributed by atoms with Crippen LogP contribution in [0.15, 0.2) is 11.3 Å². The number of carbonyl (C=O) groups excluding carboxylic acids is 3. The highest BCUT2D eigenvalue weighted by atomic mass is 16.3. The Morgan fingerprint density at radius 1 is 1.22 bits per heavy atom. The van der Waals surface area contributed by atoms with Crippen molar-refractivity contribution in [1.82, 2.24) is 0 Å². The van der Waals surface area contributed by atoms with Crippen LogP contribution in [0.5, 0.6) is 0 Å². The molecule has 0 heterocycles. The first kappa shape index (κ1) is 20.2. The van der Waals surface area contributed by atoms with Crippen molar-refractivity contribution >= 4 is 17.3 Å². The molecule has 1 unspecified atom stereocenters. The number of hydrogen-bond acceptors (Lipinski definition) is 5. The maximum atomic E-state index is 13.6. The fourth-order valence-corrected chi connectivity index (χ4v) is 6.27. The number of aliphatic hydroxyl groups is 2. The fraction of sp³-hybridized carbons (Fsp3) is 0.773. The second kappa shape index (κ2) is 5.53. The lowest BCUT2D eigenvalue weighted by atomic mass is 9.64. The summed E-state index contributed by atoms with van der Waals surface area (Å²) >= 11 is 0. The molecule has 0 aromatic heterocycles. The topological polar surface area (TPSA) is 91.7 Å². The second-order valence-electron chi connectivity index (χ2n) is 10.3. The third-order valence-corrected chi connectivity index (χ3v) is 7.99. The maximum absolute atomic E-state index is 13.6. The first-order valence-corrected chi connectivity index (χ1v) is 9.97. The number of aliphatic hydroxyl groups excluding tert-OH is 1. The number of Topliss-reactive ketones (excluding diaryl/α,β-unsaturated/α-hetero) is 3. The zero-order valence-corrected chi connectivity index (χ0v) is 17.5. The standard InChI is InChI=1S/C22H32O5/c1-8-11(2)15(23)14-16(24)21(7)9-13-19(3,4)12(20(5,6)27)10-22(13,17(14)25)18(21)26/h11-13,24,27H,8-10H2,1-7H3/t11?,12-,13-,21+,22-/m0/s1. The number of fused-ring (bicyclic) bond motifs is 1. The highest BCUT2D eigenvalue weighted by Crippen LogP contribution is 2.72. The molecule has 2 saturated carbocycles. The summed E-state index contributed by atoms with van der Waals surface area (Å²) in [5.74, 6) is -2.46. The van der Waals surface area contributed by atoms with E-state index in [2.05, 4.69) is 0 Å². The lowest BCUT2D eigenvalue weighted by Gasteiger charge is -2.40. The first-order valence-electron chi connectivity index (χ1n) is 9.97. The molecule has 0 radical (unpaired) electrons. The van der Waals surface area contributed by atoms with Gasteiger partial charge in [-0.1, -0.05) is 27.7 Å². The maximum Gasteiger partial charge on any atom is 0.183 e. The van der Waals surface area contributed by atoms with E-state index in [1.807, 2.05) is 20.8 Å². The highest BCUT2D eigenvalue weighted by Gasteiger charge is 2.77. The van der Waals surface area contributed by atoms with Crippen LogP contribution in [0.1, 0.15) is 67.7 Å². The van der Waals surface area contributed by atoms with E-state index in [9.17, 15) is 24.6 Å². The van der Waals surface area contributed by atoms with Crippen LogP contribution in [0.3, 0.4) is 0 Å². The quantitative estimate of drug-likeness (QED) is 0.580. The largest absolute Gasteiger partial charge is 0.510 e. The van der Waals surface area contributed by atoms with E-state index in [-0.39, 0.29) is 41.2 Å². The van der Waals surface area contributed by atoms with Crippen molar-refractivity contribution in [3.8, 4) is 0 Å². The predicted octanol–water partition coefficient (Wildman–Crippen LogP) is 3.40. The second-order valence-corrected chi connectivity index (χ2v) is 10.3. The minimum Gasteiger partial charge on any atom is -0.510 e. The predicted molar refractivity (Wildman–Crippen MR) is 101 cm³/mol. The molecule has 5 nitrogen and oxygen atoms in total. The van der Waals surface area contributed by atoms with Crippen molar-refractivity contribution in [3.05, 3.63) is 11.3 Å². The van der Waals surface area contributed by atoms with E-state index in [4.69, 9.17) is 0 Å². The first-order chi connectivity index (χ1) is 12.2. The van der Waals surface area contributed by atoms with Crippen LogP contribution in [-0.2, 0) is 14.4 Å². The smallest absolute Gasteiger partial charge is 0.183 e. The lowest BCUT2D eigenvalue weighted by Crippen LogP contribution is -2.50. The number of rotatable bonds is 4. The van der Waals surface area contributed by atoms with E-state index in [1.54, 1.807) is 27.7 Å². The molecule has 5 heteroatoms.